The first-order chi connectivity index (χ1) is 17.6. The Balaban J connectivity index is 1.37. The molecule has 1 N–H and O–H groups in total. The fourth-order valence-electron chi connectivity index (χ4n) is 3.61. The van der Waals surface area contributed by atoms with Gasteiger partial charge in [-0.15, -0.1) is 0 Å². The van der Waals surface area contributed by atoms with Gasteiger partial charge in [0.25, 0.3) is 5.91 Å². The van der Waals surface area contributed by atoms with Crippen LogP contribution in [0.1, 0.15) is 35.3 Å². The smallest absolute Gasteiger partial charge is 0.251 e. The van der Waals surface area contributed by atoms with Gasteiger partial charge < -0.3 is 19.5 Å². The van der Waals surface area contributed by atoms with Crippen LogP contribution in [-0.4, -0.2) is 29.1 Å². The van der Waals surface area contributed by atoms with Crippen molar-refractivity contribution in [1.29, 1.82) is 0 Å². The van der Waals surface area contributed by atoms with E-state index in [1.54, 1.807) is 36.5 Å². The number of ether oxygens (including phenoxy) is 3. The zero-order chi connectivity index (χ0) is 25.3. The van der Waals surface area contributed by atoms with E-state index in [1.165, 1.54) is 0 Å². The Labute approximate surface area is 211 Å². The fraction of sp³-hybridized carbons (Fsp3) is 0.207. The van der Waals surface area contributed by atoms with Crippen LogP contribution in [0.5, 0.6) is 23.1 Å². The van der Waals surface area contributed by atoms with Crippen LogP contribution in [0.15, 0.2) is 79.0 Å². The van der Waals surface area contributed by atoms with Crippen LogP contribution in [0.3, 0.4) is 0 Å². The third-order valence-electron chi connectivity index (χ3n) is 5.31. The Morgan fingerprint density at radius 1 is 0.889 bits per heavy atom. The van der Waals surface area contributed by atoms with Gasteiger partial charge in [-0.25, -0.2) is 4.98 Å². The minimum Gasteiger partial charge on any atom is -0.490 e. The van der Waals surface area contributed by atoms with Gasteiger partial charge in [0.05, 0.1) is 13.2 Å². The molecule has 4 rings (SSSR count). The molecule has 1 amide bonds. The topological polar surface area (TPSA) is 82.6 Å². The van der Waals surface area contributed by atoms with Crippen LogP contribution in [0, 0.1) is 6.92 Å². The van der Waals surface area contributed by atoms with Gasteiger partial charge in [0, 0.05) is 29.9 Å². The number of amides is 1. The van der Waals surface area contributed by atoms with Crippen molar-refractivity contribution in [2.45, 2.75) is 27.3 Å². The highest BCUT2D eigenvalue weighted by atomic mass is 16.5. The average Bonchev–Trinajstić information content (AvgIpc) is 2.89. The molecule has 1 aromatic heterocycles. The van der Waals surface area contributed by atoms with Gasteiger partial charge in [-0.2, -0.15) is 4.98 Å². The molecule has 0 fully saturated rings. The number of hydrogen-bond acceptors (Lipinski definition) is 6. The monoisotopic (exact) mass is 483 g/mol. The lowest BCUT2D eigenvalue weighted by Gasteiger charge is -2.13. The summed E-state index contributed by atoms with van der Waals surface area (Å²) in [6, 6.07) is 22.3. The second-order valence-corrected chi connectivity index (χ2v) is 8.04. The molecule has 0 saturated carbocycles. The van der Waals surface area contributed by atoms with Crippen molar-refractivity contribution >= 4 is 5.91 Å². The summed E-state index contributed by atoms with van der Waals surface area (Å²) in [5.41, 5.74) is 3.51. The van der Waals surface area contributed by atoms with Gasteiger partial charge in [0.2, 0.25) is 5.88 Å². The van der Waals surface area contributed by atoms with Gasteiger partial charge >= 0.3 is 0 Å². The molecule has 7 heteroatoms. The third kappa shape index (κ3) is 6.39. The number of aryl methyl sites for hydroxylation is 1. The van der Waals surface area contributed by atoms with Crippen molar-refractivity contribution in [2.24, 2.45) is 0 Å². The summed E-state index contributed by atoms with van der Waals surface area (Å²) >= 11 is 0. The maximum absolute atomic E-state index is 12.7. The third-order valence-corrected chi connectivity index (χ3v) is 5.31. The van der Waals surface area contributed by atoms with Crippen LogP contribution >= 0.6 is 0 Å². The minimum atomic E-state index is -0.183. The highest BCUT2D eigenvalue weighted by Crippen LogP contribution is 2.28. The van der Waals surface area contributed by atoms with Gasteiger partial charge in [0.15, 0.2) is 17.3 Å². The molecule has 4 aromatic rings. The van der Waals surface area contributed by atoms with Crippen molar-refractivity contribution in [3.63, 3.8) is 0 Å². The quantitative estimate of drug-likeness (QED) is 0.299. The molecule has 0 unspecified atom stereocenters. The molecule has 0 bridgehead atoms. The molecule has 0 saturated heterocycles. The highest BCUT2D eigenvalue weighted by Gasteiger charge is 2.10. The Morgan fingerprint density at radius 3 is 2.42 bits per heavy atom. The Hall–Kier alpha value is -4.39. The first-order valence-electron chi connectivity index (χ1n) is 11.9. The minimum absolute atomic E-state index is 0.183. The Morgan fingerprint density at radius 2 is 1.67 bits per heavy atom. The lowest BCUT2D eigenvalue weighted by atomic mass is 10.1. The molecule has 184 valence electrons. The molecular formula is C29H29N3O4. The van der Waals surface area contributed by atoms with Crippen molar-refractivity contribution < 1.29 is 19.0 Å². The summed E-state index contributed by atoms with van der Waals surface area (Å²) in [5.74, 6) is 2.78. The number of hydrogen-bond donors (Lipinski definition) is 1. The molecule has 1 heterocycles. The van der Waals surface area contributed by atoms with Crippen molar-refractivity contribution in [3.05, 3.63) is 95.7 Å². The molecule has 7 nitrogen and oxygen atoms in total. The second kappa shape index (κ2) is 11.8. The predicted molar refractivity (Wildman–Crippen MR) is 139 cm³/mol. The first-order valence-corrected chi connectivity index (χ1v) is 11.9. The molecule has 0 atom stereocenters. The van der Waals surface area contributed by atoms with E-state index in [0.717, 1.165) is 16.7 Å². The van der Waals surface area contributed by atoms with Crippen molar-refractivity contribution in [3.8, 4) is 34.5 Å². The molecule has 36 heavy (non-hydrogen) atoms. The number of nitrogens with one attached hydrogen (secondary N) is 1. The molecule has 0 aliphatic heterocycles. The lowest BCUT2D eigenvalue weighted by Crippen LogP contribution is -2.22. The molecule has 3 aromatic carbocycles. The van der Waals surface area contributed by atoms with E-state index in [9.17, 15) is 4.79 Å². The fourth-order valence-corrected chi connectivity index (χ4v) is 3.61. The van der Waals surface area contributed by atoms with Crippen molar-refractivity contribution in [2.75, 3.05) is 13.2 Å². The molecule has 0 aliphatic carbocycles. The predicted octanol–water partition coefficient (Wildman–Crippen LogP) is 5.97. The first kappa shape index (κ1) is 24.7. The zero-order valence-corrected chi connectivity index (χ0v) is 20.7. The van der Waals surface area contributed by atoms with Crippen LogP contribution in [0.4, 0.5) is 0 Å². The summed E-state index contributed by atoms with van der Waals surface area (Å²) < 4.78 is 17.1. The van der Waals surface area contributed by atoms with Crippen LogP contribution in [-0.2, 0) is 6.54 Å². The summed E-state index contributed by atoms with van der Waals surface area (Å²) in [5, 5.41) is 2.94. The number of aromatic nitrogens is 2. The number of carbonyl (C=O) groups is 1. The van der Waals surface area contributed by atoms with E-state index in [0.29, 0.717) is 54.3 Å². The number of carbonyl (C=O) groups excluding carboxylic acids is 1. The largest absolute Gasteiger partial charge is 0.490 e. The summed E-state index contributed by atoms with van der Waals surface area (Å²) in [4.78, 5) is 21.5. The van der Waals surface area contributed by atoms with E-state index < -0.39 is 0 Å². The SMILES string of the molecule is CCOc1ccc(CNC(=O)c2ccc(Oc3ccnc(-c4cccc(C)c4)n3)cc2)cc1OCC. The van der Waals surface area contributed by atoms with E-state index in [1.807, 2.05) is 63.2 Å². The molecule has 0 radical (unpaired) electrons. The van der Waals surface area contributed by atoms with Crippen LogP contribution in [0.25, 0.3) is 11.4 Å². The number of benzene rings is 3. The summed E-state index contributed by atoms with van der Waals surface area (Å²) in [6.07, 6.45) is 1.67. The van der Waals surface area contributed by atoms with Crippen LogP contribution < -0.4 is 19.5 Å². The van der Waals surface area contributed by atoms with E-state index >= 15 is 0 Å². The van der Waals surface area contributed by atoms with Crippen molar-refractivity contribution in [1.82, 2.24) is 15.3 Å². The summed E-state index contributed by atoms with van der Waals surface area (Å²) in [7, 11) is 0. The van der Waals surface area contributed by atoms with Crippen LogP contribution in [0.2, 0.25) is 0 Å². The normalized spacial score (nSPS) is 10.5. The molecular weight excluding hydrogens is 454 g/mol. The standard InChI is InChI=1S/C29H29N3O4/c1-4-34-25-14-9-21(18-26(25)35-5-2)19-31-29(33)22-10-12-24(13-11-22)36-27-15-16-30-28(32-27)23-8-6-7-20(3)17-23/h6-18H,4-5,19H2,1-3H3,(H,31,33). The summed E-state index contributed by atoms with van der Waals surface area (Å²) in [6.45, 7) is 7.33. The molecule has 0 aliphatic rings. The second-order valence-electron chi connectivity index (χ2n) is 8.04. The van der Waals surface area contributed by atoms with E-state index in [-0.39, 0.29) is 5.91 Å². The number of rotatable bonds is 10. The van der Waals surface area contributed by atoms with Gasteiger partial charge in [-0.05, 0) is 68.8 Å². The maximum atomic E-state index is 12.7. The van der Waals surface area contributed by atoms with Gasteiger partial charge in [-0.3, -0.25) is 4.79 Å². The van der Waals surface area contributed by atoms with E-state index in [2.05, 4.69) is 15.3 Å². The van der Waals surface area contributed by atoms with Gasteiger partial charge in [-0.1, -0.05) is 29.8 Å². The van der Waals surface area contributed by atoms with Gasteiger partial charge in [0.1, 0.15) is 5.75 Å². The number of nitrogens with zero attached hydrogens (tertiary/aromatic N) is 2. The van der Waals surface area contributed by atoms with E-state index in [4.69, 9.17) is 14.2 Å². The Kier molecular flexibility index (Phi) is 8.13. The average molecular weight is 484 g/mol. The molecule has 0 spiro atoms. The lowest BCUT2D eigenvalue weighted by molar-refractivity contribution is 0.0951. The zero-order valence-electron chi connectivity index (χ0n) is 20.7. The highest BCUT2D eigenvalue weighted by molar-refractivity contribution is 5.94. The maximum Gasteiger partial charge on any atom is 0.251 e. The Bertz CT molecular complexity index is 1320.